The summed E-state index contributed by atoms with van der Waals surface area (Å²) in [5, 5.41) is 21.4. The summed E-state index contributed by atoms with van der Waals surface area (Å²) >= 11 is 0. The summed E-state index contributed by atoms with van der Waals surface area (Å²) in [5.41, 5.74) is -0.698. The first-order valence-corrected chi connectivity index (χ1v) is 13.0. The lowest BCUT2D eigenvalue weighted by Gasteiger charge is -2.38. The van der Waals surface area contributed by atoms with Gasteiger partial charge in [-0.2, -0.15) is 4.73 Å². The minimum atomic E-state index is -0.910. The Morgan fingerprint density at radius 3 is 2.63 bits per heavy atom. The quantitative estimate of drug-likeness (QED) is 0.341. The lowest BCUT2D eigenvalue weighted by molar-refractivity contribution is -0.615. The predicted octanol–water partition coefficient (Wildman–Crippen LogP) is 3.49. The molecule has 1 fully saturated rings. The van der Waals surface area contributed by atoms with Crippen molar-refractivity contribution in [1.82, 2.24) is 20.7 Å². The number of ether oxygens (including phenoxy) is 1. The average Bonchev–Trinajstić information content (AvgIpc) is 3.38. The van der Waals surface area contributed by atoms with Gasteiger partial charge in [-0.25, -0.2) is 13.6 Å². The number of hydrogen-bond acceptors (Lipinski definition) is 7. The van der Waals surface area contributed by atoms with Gasteiger partial charge in [0.1, 0.15) is 23.3 Å². The van der Waals surface area contributed by atoms with E-state index in [2.05, 4.69) is 15.8 Å². The number of carbonyl (C=O) groups is 3. The molecule has 0 unspecified atom stereocenters. The number of carbonyl (C=O) groups excluding carboxylic acids is 3. The fourth-order valence-electron chi connectivity index (χ4n) is 4.49. The number of likely N-dealkylation sites (tertiary alicyclic amines) is 1. The Morgan fingerprint density at radius 1 is 1.20 bits per heavy atom. The van der Waals surface area contributed by atoms with E-state index in [1.54, 1.807) is 45.9 Å². The first kappa shape index (κ1) is 29.4. The minimum Gasteiger partial charge on any atom is -0.618 e. The van der Waals surface area contributed by atoms with E-state index >= 15 is 0 Å². The third-order valence-corrected chi connectivity index (χ3v) is 6.51. The molecule has 218 valence electrons. The normalized spacial score (nSPS) is 18.0. The molecule has 1 aromatic carbocycles. The maximum absolute atomic E-state index is 14.2. The third kappa shape index (κ3) is 7.16. The number of benzene rings is 1. The van der Waals surface area contributed by atoms with E-state index in [0.717, 1.165) is 6.07 Å². The molecule has 2 aromatic heterocycles. The zero-order chi connectivity index (χ0) is 29.9. The number of aromatic nitrogens is 2. The monoisotopic (exact) mass is 571 g/mol. The number of nitrogens with one attached hydrogen (secondary N) is 2. The topological polar surface area (TPSA) is 141 Å². The number of pyridine rings is 1. The van der Waals surface area contributed by atoms with E-state index in [-0.39, 0.29) is 36.5 Å². The Bertz CT molecular complexity index is 1440. The molecule has 0 spiro atoms. The standard InChI is InChI=1S/C28H31F2N5O6/c1-16(23-7-5-6-11-35(23)39)31-25(36)19-15-34(27(38)40-28(2,3)4)12-10-21(19)32-26(37)22-14-24(41-33-22)18-9-8-17(29)13-20(18)30/h5-9,11,13-14,16,19,21H,10,12,15H2,1-4H3,(H,31,36)(H,32,37)/t16-,19-,21-/m1/s1. The van der Waals surface area contributed by atoms with Gasteiger partial charge in [-0.05, 0) is 52.3 Å². The second-order valence-electron chi connectivity index (χ2n) is 10.8. The van der Waals surface area contributed by atoms with E-state index in [9.17, 15) is 28.4 Å². The third-order valence-electron chi connectivity index (χ3n) is 6.51. The van der Waals surface area contributed by atoms with Gasteiger partial charge in [0.2, 0.25) is 11.6 Å². The van der Waals surface area contributed by atoms with E-state index in [0.29, 0.717) is 16.5 Å². The van der Waals surface area contributed by atoms with Gasteiger partial charge in [-0.1, -0.05) is 5.16 Å². The van der Waals surface area contributed by atoms with Crippen LogP contribution in [0.5, 0.6) is 0 Å². The second-order valence-corrected chi connectivity index (χ2v) is 10.8. The molecule has 3 aromatic rings. The van der Waals surface area contributed by atoms with Crippen LogP contribution >= 0.6 is 0 Å². The fourth-order valence-corrected chi connectivity index (χ4v) is 4.49. The van der Waals surface area contributed by atoms with Crippen LogP contribution in [0.1, 0.15) is 56.3 Å². The Morgan fingerprint density at radius 2 is 1.95 bits per heavy atom. The van der Waals surface area contributed by atoms with Crippen LogP contribution in [0.4, 0.5) is 13.6 Å². The smallest absolute Gasteiger partial charge is 0.410 e. The largest absolute Gasteiger partial charge is 0.618 e. The summed E-state index contributed by atoms with van der Waals surface area (Å²) in [6.07, 6.45) is 0.924. The Balaban J connectivity index is 1.52. The lowest BCUT2D eigenvalue weighted by Crippen LogP contribution is -2.57. The first-order chi connectivity index (χ1) is 19.3. The average molecular weight is 572 g/mol. The van der Waals surface area contributed by atoms with Crippen molar-refractivity contribution in [3.8, 4) is 11.3 Å². The molecule has 3 heterocycles. The highest BCUT2D eigenvalue weighted by atomic mass is 19.1. The Labute approximate surface area is 235 Å². The summed E-state index contributed by atoms with van der Waals surface area (Å²) in [6, 6.07) is 7.53. The summed E-state index contributed by atoms with van der Waals surface area (Å²) in [5.74, 6) is -3.82. The molecule has 0 aliphatic carbocycles. The van der Waals surface area contributed by atoms with Crippen LogP contribution in [0.2, 0.25) is 0 Å². The van der Waals surface area contributed by atoms with Crippen molar-refractivity contribution in [2.45, 2.75) is 51.8 Å². The van der Waals surface area contributed by atoms with Crippen LogP contribution in [0.25, 0.3) is 11.3 Å². The molecule has 11 nitrogen and oxygen atoms in total. The Hall–Kier alpha value is -4.55. The van der Waals surface area contributed by atoms with Gasteiger partial charge in [0, 0.05) is 43.4 Å². The number of nitrogens with zero attached hydrogens (tertiary/aromatic N) is 3. The SMILES string of the molecule is C[C@@H](NC(=O)[C@@H]1CN(C(=O)OC(C)(C)C)CC[C@H]1NC(=O)c1cc(-c2ccc(F)cc2F)on1)c1cccc[n+]1[O-]. The van der Waals surface area contributed by atoms with Crippen molar-refractivity contribution >= 4 is 17.9 Å². The Kier molecular flexibility index (Phi) is 8.55. The van der Waals surface area contributed by atoms with Gasteiger partial charge in [0.05, 0.1) is 11.5 Å². The van der Waals surface area contributed by atoms with Crippen molar-refractivity contribution < 1.29 is 37.2 Å². The molecule has 13 heteroatoms. The maximum Gasteiger partial charge on any atom is 0.410 e. The van der Waals surface area contributed by atoms with E-state index in [4.69, 9.17) is 9.26 Å². The van der Waals surface area contributed by atoms with Crippen LogP contribution in [0.3, 0.4) is 0 Å². The van der Waals surface area contributed by atoms with E-state index < -0.39 is 53.1 Å². The number of rotatable bonds is 6. The van der Waals surface area contributed by atoms with Crippen LogP contribution in [0.15, 0.2) is 53.2 Å². The molecule has 0 bridgehead atoms. The molecule has 0 radical (unpaired) electrons. The highest BCUT2D eigenvalue weighted by Gasteiger charge is 2.39. The lowest BCUT2D eigenvalue weighted by atomic mass is 9.90. The van der Waals surface area contributed by atoms with Crippen molar-refractivity contribution in [2.24, 2.45) is 5.92 Å². The molecular formula is C28H31F2N5O6. The zero-order valence-corrected chi connectivity index (χ0v) is 23.0. The highest BCUT2D eigenvalue weighted by molar-refractivity contribution is 5.94. The molecule has 1 aliphatic rings. The van der Waals surface area contributed by atoms with Gasteiger partial charge < -0.3 is 30.0 Å². The zero-order valence-electron chi connectivity index (χ0n) is 23.0. The van der Waals surface area contributed by atoms with Crippen LogP contribution < -0.4 is 15.4 Å². The molecule has 1 saturated heterocycles. The predicted molar refractivity (Wildman–Crippen MR) is 141 cm³/mol. The van der Waals surface area contributed by atoms with Gasteiger partial charge in [0.25, 0.3) is 5.91 Å². The van der Waals surface area contributed by atoms with Crippen LogP contribution in [-0.2, 0) is 9.53 Å². The fraction of sp³-hybridized carbons (Fsp3) is 0.393. The van der Waals surface area contributed by atoms with E-state index in [1.807, 2.05) is 0 Å². The van der Waals surface area contributed by atoms with Gasteiger partial charge in [-0.15, -0.1) is 0 Å². The maximum atomic E-state index is 14.2. The van der Waals surface area contributed by atoms with Crippen molar-refractivity contribution in [2.75, 3.05) is 13.1 Å². The molecule has 1 aliphatic heterocycles. The van der Waals surface area contributed by atoms with Crippen molar-refractivity contribution in [1.29, 1.82) is 0 Å². The number of piperidine rings is 1. The first-order valence-electron chi connectivity index (χ1n) is 13.0. The molecule has 3 amide bonds. The molecule has 41 heavy (non-hydrogen) atoms. The van der Waals surface area contributed by atoms with Crippen molar-refractivity contribution in [3.63, 3.8) is 0 Å². The highest BCUT2D eigenvalue weighted by Crippen LogP contribution is 2.26. The molecule has 4 rings (SSSR count). The molecule has 2 N–H and O–H groups in total. The van der Waals surface area contributed by atoms with Gasteiger partial charge in [0.15, 0.2) is 17.7 Å². The van der Waals surface area contributed by atoms with Gasteiger partial charge in [-0.3, -0.25) is 9.59 Å². The number of hydrogen-bond donors (Lipinski definition) is 2. The number of halogens is 2. The van der Waals surface area contributed by atoms with Crippen LogP contribution in [-0.4, -0.2) is 52.7 Å². The van der Waals surface area contributed by atoms with Crippen LogP contribution in [0, 0.1) is 22.8 Å². The molecule has 0 saturated carbocycles. The molecule has 3 atom stereocenters. The second kappa shape index (κ2) is 11.9. The summed E-state index contributed by atoms with van der Waals surface area (Å²) < 4.78 is 38.7. The van der Waals surface area contributed by atoms with Gasteiger partial charge >= 0.3 is 6.09 Å². The summed E-state index contributed by atoms with van der Waals surface area (Å²) in [4.78, 5) is 40.7. The summed E-state index contributed by atoms with van der Waals surface area (Å²) in [6.45, 7) is 6.97. The summed E-state index contributed by atoms with van der Waals surface area (Å²) in [7, 11) is 0. The minimum absolute atomic E-state index is 0.0601. The number of amides is 3. The van der Waals surface area contributed by atoms with Crippen molar-refractivity contribution in [3.05, 3.63) is 76.9 Å². The molecular weight excluding hydrogens is 540 g/mol. The van der Waals surface area contributed by atoms with E-state index in [1.165, 1.54) is 23.2 Å².